The number of benzene rings is 3. The van der Waals surface area contributed by atoms with E-state index in [1.54, 1.807) is 0 Å². The summed E-state index contributed by atoms with van der Waals surface area (Å²) >= 11 is 0. The second kappa shape index (κ2) is 11.6. The molecule has 1 heterocycles. The first-order valence-corrected chi connectivity index (χ1v) is 12.2. The van der Waals surface area contributed by atoms with Crippen LogP contribution in [0, 0.1) is 6.92 Å². The largest absolute Gasteiger partial charge is 0.494 e. The van der Waals surface area contributed by atoms with Crippen LogP contribution in [0.2, 0.25) is 0 Å². The van der Waals surface area contributed by atoms with Gasteiger partial charge < -0.3 is 20.3 Å². The second-order valence-corrected chi connectivity index (χ2v) is 8.91. The van der Waals surface area contributed by atoms with Gasteiger partial charge in [-0.05, 0) is 79.8 Å². The Morgan fingerprint density at radius 1 is 1.03 bits per heavy atom. The molecule has 1 unspecified atom stereocenters. The third-order valence-corrected chi connectivity index (χ3v) is 6.45. The van der Waals surface area contributed by atoms with E-state index in [4.69, 9.17) is 4.74 Å². The highest BCUT2D eigenvalue weighted by molar-refractivity contribution is 5.94. The number of ether oxygens (including phenoxy) is 1. The Labute approximate surface area is 207 Å². The summed E-state index contributed by atoms with van der Waals surface area (Å²) in [4.78, 5) is 27.6. The third kappa shape index (κ3) is 6.41. The molecule has 0 radical (unpaired) electrons. The molecule has 6 heteroatoms. The summed E-state index contributed by atoms with van der Waals surface area (Å²) in [5.74, 6) is 0.890. The van der Waals surface area contributed by atoms with Crippen LogP contribution in [-0.2, 0) is 6.54 Å². The minimum absolute atomic E-state index is 0.0870. The van der Waals surface area contributed by atoms with Gasteiger partial charge in [-0.15, -0.1) is 0 Å². The lowest BCUT2D eigenvalue weighted by Gasteiger charge is -2.33. The summed E-state index contributed by atoms with van der Waals surface area (Å²) in [6.45, 7) is 6.43. The van der Waals surface area contributed by atoms with Crippen molar-refractivity contribution in [3.63, 3.8) is 0 Å². The van der Waals surface area contributed by atoms with Crippen molar-refractivity contribution in [1.29, 1.82) is 0 Å². The molecule has 1 fully saturated rings. The van der Waals surface area contributed by atoms with E-state index >= 15 is 0 Å². The molecule has 35 heavy (non-hydrogen) atoms. The molecular weight excluding hydrogens is 438 g/mol. The number of rotatable bonds is 7. The van der Waals surface area contributed by atoms with Crippen LogP contribution in [0.25, 0.3) is 0 Å². The van der Waals surface area contributed by atoms with Gasteiger partial charge in [-0.25, -0.2) is 4.79 Å². The minimum atomic E-state index is -0.106. The molecule has 3 aromatic carbocycles. The van der Waals surface area contributed by atoms with Crippen molar-refractivity contribution < 1.29 is 14.3 Å². The molecule has 4 rings (SSSR count). The maximum absolute atomic E-state index is 12.9. The average molecular weight is 472 g/mol. The summed E-state index contributed by atoms with van der Waals surface area (Å²) in [5, 5.41) is 6.02. The van der Waals surface area contributed by atoms with E-state index in [9.17, 15) is 9.59 Å². The summed E-state index contributed by atoms with van der Waals surface area (Å²) in [6, 6.07) is 23.1. The van der Waals surface area contributed by atoms with Gasteiger partial charge in [-0.1, -0.05) is 36.4 Å². The topological polar surface area (TPSA) is 70.7 Å². The fourth-order valence-corrected chi connectivity index (χ4v) is 4.46. The highest BCUT2D eigenvalue weighted by atomic mass is 16.5. The predicted molar refractivity (Wildman–Crippen MR) is 139 cm³/mol. The standard InChI is InChI=1S/C29H33N3O3/c1-3-35-27-15-13-26(14-16-27)31-29(34)32-17-7-12-25(20-32)22-10-6-11-23(18-22)28(33)30-19-24-9-5-4-8-21(24)2/h4-6,8-11,13-16,18,25H,3,7,12,17,19-20H2,1-2H3,(H,30,33)(H,31,34). The van der Waals surface area contributed by atoms with E-state index in [0.29, 0.717) is 25.3 Å². The van der Waals surface area contributed by atoms with Crippen LogP contribution in [0.5, 0.6) is 5.75 Å². The Morgan fingerprint density at radius 3 is 2.60 bits per heavy atom. The van der Waals surface area contributed by atoms with Crippen LogP contribution < -0.4 is 15.4 Å². The molecule has 0 aliphatic carbocycles. The monoisotopic (exact) mass is 471 g/mol. The molecular formula is C29H33N3O3. The molecule has 6 nitrogen and oxygen atoms in total. The summed E-state index contributed by atoms with van der Waals surface area (Å²) in [6.07, 6.45) is 1.91. The molecule has 2 N–H and O–H groups in total. The van der Waals surface area contributed by atoms with E-state index in [-0.39, 0.29) is 17.9 Å². The molecule has 182 valence electrons. The van der Waals surface area contributed by atoms with Crippen molar-refractivity contribution in [2.45, 2.75) is 39.2 Å². The first kappa shape index (κ1) is 24.3. The number of nitrogens with one attached hydrogen (secondary N) is 2. The van der Waals surface area contributed by atoms with E-state index in [1.807, 2.05) is 85.5 Å². The zero-order valence-corrected chi connectivity index (χ0v) is 20.4. The van der Waals surface area contributed by atoms with Crippen LogP contribution in [0.3, 0.4) is 0 Å². The number of carbonyl (C=O) groups is 2. The highest BCUT2D eigenvalue weighted by Gasteiger charge is 2.25. The lowest BCUT2D eigenvalue weighted by Crippen LogP contribution is -2.41. The van der Waals surface area contributed by atoms with Gasteiger partial charge in [0, 0.05) is 36.8 Å². The number of anilines is 1. The summed E-state index contributed by atoms with van der Waals surface area (Å²) in [5.41, 5.74) is 4.75. The van der Waals surface area contributed by atoms with Gasteiger partial charge in [-0.2, -0.15) is 0 Å². The molecule has 3 amide bonds. The number of carbonyl (C=O) groups excluding carboxylic acids is 2. The molecule has 1 aliphatic rings. The minimum Gasteiger partial charge on any atom is -0.494 e. The normalized spacial score (nSPS) is 15.4. The predicted octanol–water partition coefficient (Wildman–Crippen LogP) is 5.74. The molecule has 1 aliphatic heterocycles. The van der Waals surface area contributed by atoms with E-state index in [2.05, 4.69) is 16.7 Å². The number of amides is 3. The second-order valence-electron chi connectivity index (χ2n) is 8.91. The molecule has 0 aromatic heterocycles. The number of hydrogen-bond donors (Lipinski definition) is 2. The van der Waals surface area contributed by atoms with Crippen LogP contribution in [0.15, 0.2) is 72.8 Å². The SMILES string of the molecule is CCOc1ccc(NC(=O)N2CCCC(c3cccc(C(=O)NCc4ccccc4C)c3)C2)cc1. The van der Waals surface area contributed by atoms with Gasteiger partial charge in [0.2, 0.25) is 0 Å². The van der Waals surface area contributed by atoms with E-state index in [1.165, 1.54) is 0 Å². The number of piperidine rings is 1. The number of aryl methyl sites for hydroxylation is 1. The Balaban J connectivity index is 1.36. The van der Waals surface area contributed by atoms with Crippen LogP contribution in [0.1, 0.15) is 52.7 Å². The van der Waals surface area contributed by atoms with Gasteiger partial charge in [0.1, 0.15) is 5.75 Å². The first-order valence-electron chi connectivity index (χ1n) is 12.2. The van der Waals surface area contributed by atoms with Gasteiger partial charge in [-0.3, -0.25) is 4.79 Å². The van der Waals surface area contributed by atoms with Crippen molar-refractivity contribution in [3.05, 3.63) is 95.1 Å². The van der Waals surface area contributed by atoms with E-state index < -0.39 is 0 Å². The zero-order valence-electron chi connectivity index (χ0n) is 20.4. The number of nitrogens with zero attached hydrogens (tertiary/aromatic N) is 1. The summed E-state index contributed by atoms with van der Waals surface area (Å²) < 4.78 is 5.46. The molecule has 0 spiro atoms. The van der Waals surface area contributed by atoms with Crippen LogP contribution in [-0.4, -0.2) is 36.5 Å². The molecule has 1 atom stereocenters. The average Bonchev–Trinajstić information content (AvgIpc) is 2.89. The quantitative estimate of drug-likeness (QED) is 0.462. The Morgan fingerprint density at radius 2 is 1.83 bits per heavy atom. The smallest absolute Gasteiger partial charge is 0.321 e. The Hall–Kier alpha value is -3.80. The summed E-state index contributed by atoms with van der Waals surface area (Å²) in [7, 11) is 0. The highest BCUT2D eigenvalue weighted by Crippen LogP contribution is 2.28. The van der Waals surface area contributed by atoms with Crippen molar-refractivity contribution in [2.75, 3.05) is 25.0 Å². The number of likely N-dealkylation sites (tertiary alicyclic amines) is 1. The lowest BCUT2D eigenvalue weighted by atomic mass is 9.89. The van der Waals surface area contributed by atoms with Crippen molar-refractivity contribution in [3.8, 4) is 5.75 Å². The van der Waals surface area contributed by atoms with Crippen LogP contribution >= 0.6 is 0 Å². The zero-order chi connectivity index (χ0) is 24.6. The fraction of sp³-hybridized carbons (Fsp3) is 0.310. The Kier molecular flexibility index (Phi) is 8.03. The van der Waals surface area contributed by atoms with Crippen molar-refractivity contribution >= 4 is 17.6 Å². The maximum atomic E-state index is 12.9. The molecule has 0 bridgehead atoms. The van der Waals surface area contributed by atoms with Crippen molar-refractivity contribution in [1.82, 2.24) is 10.2 Å². The fourth-order valence-electron chi connectivity index (χ4n) is 4.46. The lowest BCUT2D eigenvalue weighted by molar-refractivity contribution is 0.0950. The Bertz CT molecular complexity index is 1160. The van der Waals surface area contributed by atoms with E-state index in [0.717, 1.165) is 47.5 Å². The van der Waals surface area contributed by atoms with Gasteiger partial charge in [0.15, 0.2) is 0 Å². The molecule has 0 saturated carbocycles. The van der Waals surface area contributed by atoms with Gasteiger partial charge in [0.05, 0.1) is 6.61 Å². The van der Waals surface area contributed by atoms with Crippen LogP contribution in [0.4, 0.5) is 10.5 Å². The number of hydrogen-bond acceptors (Lipinski definition) is 3. The first-order chi connectivity index (χ1) is 17.0. The molecule has 3 aromatic rings. The van der Waals surface area contributed by atoms with Crippen molar-refractivity contribution in [2.24, 2.45) is 0 Å². The number of urea groups is 1. The van der Waals surface area contributed by atoms with Gasteiger partial charge in [0.25, 0.3) is 5.91 Å². The maximum Gasteiger partial charge on any atom is 0.321 e. The third-order valence-electron chi connectivity index (χ3n) is 6.45. The molecule has 1 saturated heterocycles. The van der Waals surface area contributed by atoms with Gasteiger partial charge >= 0.3 is 6.03 Å².